The lowest BCUT2D eigenvalue weighted by Crippen LogP contribution is -2.55. The molecule has 1 aromatic heterocycles. The highest BCUT2D eigenvalue weighted by atomic mass is 16.3. The van der Waals surface area contributed by atoms with Crippen LogP contribution in [0, 0.1) is 0 Å². The molecule has 124 valence electrons. The summed E-state index contributed by atoms with van der Waals surface area (Å²) >= 11 is 0. The fourth-order valence-corrected chi connectivity index (χ4v) is 3.14. The first kappa shape index (κ1) is 15.8. The minimum absolute atomic E-state index is 0.163. The summed E-state index contributed by atoms with van der Waals surface area (Å²) in [6, 6.07) is 7.95. The van der Waals surface area contributed by atoms with Crippen molar-refractivity contribution in [2.75, 3.05) is 31.1 Å². The summed E-state index contributed by atoms with van der Waals surface area (Å²) in [6.45, 7) is 6.23. The number of piperazine rings is 1. The molecule has 2 aromatic rings. The second-order valence-corrected chi connectivity index (χ2v) is 6.38. The van der Waals surface area contributed by atoms with Crippen molar-refractivity contribution < 1.29 is 9.90 Å². The third-order valence-corrected chi connectivity index (χ3v) is 4.44. The molecule has 1 fully saturated rings. The first-order chi connectivity index (χ1) is 11.0. The van der Waals surface area contributed by atoms with E-state index in [1.807, 2.05) is 31.2 Å². The molecule has 1 amide bonds. The number of aliphatic hydroxyl groups is 1. The van der Waals surface area contributed by atoms with Gasteiger partial charge in [-0.2, -0.15) is 0 Å². The van der Waals surface area contributed by atoms with E-state index in [1.165, 1.54) is 0 Å². The van der Waals surface area contributed by atoms with Crippen LogP contribution in [0.1, 0.15) is 26.7 Å². The lowest BCUT2D eigenvalue weighted by molar-refractivity contribution is -0.150. The third kappa shape index (κ3) is 3.17. The maximum atomic E-state index is 12.4. The van der Waals surface area contributed by atoms with Crippen LogP contribution in [0.15, 0.2) is 24.3 Å². The summed E-state index contributed by atoms with van der Waals surface area (Å²) in [5, 5.41) is 10.3. The van der Waals surface area contributed by atoms with Crippen molar-refractivity contribution in [3.8, 4) is 0 Å². The van der Waals surface area contributed by atoms with E-state index in [2.05, 4.69) is 14.9 Å². The molecule has 6 heteroatoms. The summed E-state index contributed by atoms with van der Waals surface area (Å²) in [4.78, 5) is 24.3. The summed E-state index contributed by atoms with van der Waals surface area (Å²) in [6.07, 6.45) is 1.29. The Labute approximate surface area is 136 Å². The number of aromatic amines is 1. The Bertz CT molecular complexity index is 654. The lowest BCUT2D eigenvalue weighted by Gasteiger charge is -2.37. The average molecular weight is 316 g/mol. The van der Waals surface area contributed by atoms with E-state index in [-0.39, 0.29) is 5.91 Å². The Balaban J connectivity index is 1.65. The van der Waals surface area contributed by atoms with E-state index in [9.17, 15) is 9.90 Å². The number of imidazole rings is 1. The lowest BCUT2D eigenvalue weighted by atomic mass is 9.98. The highest BCUT2D eigenvalue weighted by Gasteiger charge is 2.35. The van der Waals surface area contributed by atoms with Crippen molar-refractivity contribution in [1.29, 1.82) is 0 Å². The van der Waals surface area contributed by atoms with Gasteiger partial charge in [0.25, 0.3) is 5.91 Å². The number of nitrogens with zero attached hydrogens (tertiary/aromatic N) is 3. The van der Waals surface area contributed by atoms with Crippen LogP contribution in [-0.2, 0) is 4.79 Å². The number of carbonyl (C=O) groups is 1. The van der Waals surface area contributed by atoms with E-state index in [4.69, 9.17) is 0 Å². The monoisotopic (exact) mass is 316 g/mol. The quantitative estimate of drug-likeness (QED) is 0.901. The van der Waals surface area contributed by atoms with E-state index < -0.39 is 5.60 Å². The van der Waals surface area contributed by atoms with Crippen molar-refractivity contribution in [2.45, 2.75) is 32.3 Å². The smallest absolute Gasteiger partial charge is 0.254 e. The molecule has 0 spiro atoms. The highest BCUT2D eigenvalue weighted by molar-refractivity contribution is 5.84. The summed E-state index contributed by atoms with van der Waals surface area (Å²) < 4.78 is 0. The Morgan fingerprint density at radius 2 is 2.00 bits per heavy atom. The molecule has 6 nitrogen and oxygen atoms in total. The number of amides is 1. The molecule has 3 rings (SSSR count). The maximum Gasteiger partial charge on any atom is 0.254 e. The van der Waals surface area contributed by atoms with Gasteiger partial charge >= 0.3 is 0 Å². The van der Waals surface area contributed by atoms with E-state index >= 15 is 0 Å². The molecular weight excluding hydrogens is 292 g/mol. The SMILES string of the molecule is CCCC(C)(O)C(=O)N1CCN(c2nc3ccccc3[nH]2)CC1. The van der Waals surface area contributed by atoms with Crippen LogP contribution in [0.3, 0.4) is 0 Å². The number of benzene rings is 1. The highest BCUT2D eigenvalue weighted by Crippen LogP contribution is 2.20. The molecule has 2 N–H and O–H groups in total. The van der Waals surface area contributed by atoms with Crippen LogP contribution in [0.5, 0.6) is 0 Å². The maximum absolute atomic E-state index is 12.4. The first-order valence-corrected chi connectivity index (χ1v) is 8.23. The first-order valence-electron chi connectivity index (χ1n) is 8.23. The molecule has 2 heterocycles. The van der Waals surface area contributed by atoms with Gasteiger partial charge in [0.15, 0.2) is 0 Å². The van der Waals surface area contributed by atoms with Gasteiger partial charge in [-0.15, -0.1) is 0 Å². The van der Waals surface area contributed by atoms with Gasteiger partial charge in [0.05, 0.1) is 11.0 Å². The predicted molar refractivity (Wildman–Crippen MR) is 90.4 cm³/mol. The molecule has 23 heavy (non-hydrogen) atoms. The largest absolute Gasteiger partial charge is 0.380 e. The van der Waals surface area contributed by atoms with Crippen LogP contribution in [0.4, 0.5) is 5.95 Å². The molecule has 0 saturated carbocycles. The molecular formula is C17H24N4O2. The van der Waals surface area contributed by atoms with Crippen LogP contribution in [-0.4, -0.2) is 57.7 Å². The predicted octanol–water partition coefficient (Wildman–Crippen LogP) is 1.76. The van der Waals surface area contributed by atoms with Crippen LogP contribution in [0.25, 0.3) is 11.0 Å². The number of rotatable bonds is 4. The number of H-pyrrole nitrogens is 1. The molecule has 0 radical (unpaired) electrons. The number of fused-ring (bicyclic) bond motifs is 1. The molecule has 1 unspecified atom stereocenters. The Hall–Kier alpha value is -2.08. The normalized spacial score (nSPS) is 18.2. The zero-order valence-corrected chi connectivity index (χ0v) is 13.7. The van der Waals surface area contributed by atoms with E-state index in [1.54, 1.807) is 11.8 Å². The van der Waals surface area contributed by atoms with Crippen molar-refractivity contribution >= 4 is 22.9 Å². The second-order valence-electron chi connectivity index (χ2n) is 6.38. The van der Waals surface area contributed by atoms with Crippen molar-refractivity contribution in [3.63, 3.8) is 0 Å². The van der Waals surface area contributed by atoms with Crippen molar-refractivity contribution in [1.82, 2.24) is 14.9 Å². The number of hydrogen-bond donors (Lipinski definition) is 2. The standard InChI is InChI=1S/C17H24N4O2/c1-3-8-17(2,23)15(22)20-9-11-21(12-10-20)16-18-13-6-4-5-7-14(13)19-16/h4-7,23H,3,8-12H2,1-2H3,(H,18,19). The Morgan fingerprint density at radius 1 is 1.30 bits per heavy atom. The molecule has 1 aliphatic heterocycles. The van der Waals surface area contributed by atoms with Gasteiger partial charge in [0.2, 0.25) is 5.95 Å². The van der Waals surface area contributed by atoms with Gasteiger partial charge in [-0.3, -0.25) is 4.79 Å². The topological polar surface area (TPSA) is 72.5 Å². The molecule has 0 bridgehead atoms. The number of aromatic nitrogens is 2. The van der Waals surface area contributed by atoms with Crippen LogP contribution < -0.4 is 4.90 Å². The minimum atomic E-state index is -1.25. The zero-order valence-electron chi connectivity index (χ0n) is 13.7. The number of anilines is 1. The van der Waals surface area contributed by atoms with Crippen LogP contribution in [0.2, 0.25) is 0 Å². The molecule has 1 aliphatic rings. The second kappa shape index (κ2) is 6.20. The third-order valence-electron chi connectivity index (χ3n) is 4.44. The zero-order chi connectivity index (χ0) is 16.4. The fourth-order valence-electron chi connectivity index (χ4n) is 3.14. The van der Waals surface area contributed by atoms with Crippen LogP contribution >= 0.6 is 0 Å². The van der Waals surface area contributed by atoms with Gasteiger partial charge in [-0.05, 0) is 25.5 Å². The summed E-state index contributed by atoms with van der Waals surface area (Å²) in [5.41, 5.74) is 0.717. The number of hydrogen-bond acceptors (Lipinski definition) is 4. The summed E-state index contributed by atoms with van der Waals surface area (Å²) in [5.74, 6) is 0.683. The minimum Gasteiger partial charge on any atom is -0.380 e. The Morgan fingerprint density at radius 3 is 2.65 bits per heavy atom. The molecule has 1 atom stereocenters. The van der Waals surface area contributed by atoms with Gasteiger partial charge in [-0.1, -0.05) is 25.5 Å². The van der Waals surface area contributed by atoms with Gasteiger partial charge in [0, 0.05) is 26.2 Å². The molecule has 1 saturated heterocycles. The van der Waals surface area contributed by atoms with E-state index in [0.717, 1.165) is 23.4 Å². The average Bonchev–Trinajstić information content (AvgIpc) is 2.98. The van der Waals surface area contributed by atoms with Crippen molar-refractivity contribution in [3.05, 3.63) is 24.3 Å². The molecule has 0 aliphatic carbocycles. The fraction of sp³-hybridized carbons (Fsp3) is 0.529. The van der Waals surface area contributed by atoms with Crippen molar-refractivity contribution in [2.24, 2.45) is 0 Å². The number of carbonyl (C=O) groups excluding carboxylic acids is 1. The van der Waals surface area contributed by atoms with E-state index in [0.29, 0.717) is 32.6 Å². The van der Waals surface area contributed by atoms with Gasteiger partial charge in [0.1, 0.15) is 5.60 Å². The number of nitrogens with one attached hydrogen (secondary N) is 1. The van der Waals surface area contributed by atoms with Gasteiger partial charge < -0.3 is 19.9 Å². The van der Waals surface area contributed by atoms with Gasteiger partial charge in [-0.25, -0.2) is 4.98 Å². The Kier molecular flexibility index (Phi) is 4.26. The number of para-hydroxylation sites is 2. The molecule has 1 aromatic carbocycles. The summed E-state index contributed by atoms with van der Waals surface area (Å²) in [7, 11) is 0.